The number of fused-ring (bicyclic) bond motifs is 2. The molecule has 0 fully saturated rings. The van der Waals surface area contributed by atoms with Crippen LogP contribution in [0.15, 0.2) is 72.0 Å². The molecular formula is C24H24N2O3. The zero-order valence-electron chi connectivity index (χ0n) is 17.0. The molecule has 2 aromatic rings. The molecular weight excluding hydrogens is 364 g/mol. The highest BCUT2D eigenvalue weighted by Gasteiger charge is 2.29. The van der Waals surface area contributed by atoms with Crippen molar-refractivity contribution < 1.29 is 14.6 Å². The Morgan fingerprint density at radius 1 is 1.03 bits per heavy atom. The molecule has 1 heterocycles. The fourth-order valence-corrected chi connectivity index (χ4v) is 3.72. The van der Waals surface area contributed by atoms with Gasteiger partial charge in [-0.25, -0.2) is 4.79 Å². The second-order valence-corrected chi connectivity index (χ2v) is 7.66. The molecule has 0 saturated carbocycles. The van der Waals surface area contributed by atoms with Crippen LogP contribution in [0.2, 0.25) is 0 Å². The first-order valence-electron chi connectivity index (χ1n) is 9.50. The third-order valence-corrected chi connectivity index (χ3v) is 5.31. The van der Waals surface area contributed by atoms with E-state index in [1.54, 1.807) is 12.1 Å². The van der Waals surface area contributed by atoms with E-state index in [9.17, 15) is 9.90 Å². The Morgan fingerprint density at radius 3 is 2.48 bits per heavy atom. The van der Waals surface area contributed by atoms with E-state index in [0.717, 1.165) is 33.9 Å². The van der Waals surface area contributed by atoms with Crippen molar-refractivity contribution in [2.75, 3.05) is 33.1 Å². The lowest BCUT2D eigenvalue weighted by molar-refractivity contribution is 0.0696. The summed E-state index contributed by atoms with van der Waals surface area (Å²) in [5.74, 6) is 0.544. The van der Waals surface area contributed by atoms with Crippen LogP contribution < -0.4 is 9.64 Å². The Hall–Kier alpha value is -3.31. The highest BCUT2D eigenvalue weighted by molar-refractivity contribution is 6.00. The number of hydrogen-bond acceptors (Lipinski definition) is 4. The maximum Gasteiger partial charge on any atom is 0.336 e. The van der Waals surface area contributed by atoms with Crippen molar-refractivity contribution in [3.05, 3.63) is 88.7 Å². The first kappa shape index (κ1) is 19.0. The number of carboxylic acids is 1. The molecule has 148 valence electrons. The number of aromatic carboxylic acids is 1. The molecule has 5 nitrogen and oxygen atoms in total. The second-order valence-electron chi connectivity index (χ2n) is 7.66. The lowest BCUT2D eigenvalue weighted by Crippen LogP contribution is -2.27. The maximum atomic E-state index is 11.9. The molecule has 0 aromatic heterocycles. The van der Waals surface area contributed by atoms with Gasteiger partial charge in [0.15, 0.2) is 0 Å². The fourth-order valence-electron chi connectivity index (χ4n) is 3.72. The summed E-state index contributed by atoms with van der Waals surface area (Å²) in [7, 11) is 8.00. The van der Waals surface area contributed by atoms with Crippen LogP contribution >= 0.6 is 0 Å². The van der Waals surface area contributed by atoms with Gasteiger partial charge in [0.2, 0.25) is 0 Å². The van der Waals surface area contributed by atoms with Gasteiger partial charge in [-0.05, 0) is 43.9 Å². The molecule has 1 aliphatic heterocycles. The molecule has 0 bridgehead atoms. The van der Waals surface area contributed by atoms with Crippen LogP contribution in [-0.4, -0.2) is 50.2 Å². The summed E-state index contributed by atoms with van der Waals surface area (Å²) >= 11 is 0. The van der Waals surface area contributed by atoms with Gasteiger partial charge in [0, 0.05) is 48.6 Å². The topological polar surface area (TPSA) is 53.0 Å². The number of carboxylic acid groups (broad SMARTS) is 1. The molecule has 1 unspecified atom stereocenters. The number of hydrogen-bond donors (Lipinski definition) is 1. The smallest absolute Gasteiger partial charge is 0.336 e. The molecule has 0 spiro atoms. The van der Waals surface area contributed by atoms with E-state index in [0.29, 0.717) is 5.56 Å². The predicted octanol–water partition coefficient (Wildman–Crippen LogP) is 4.03. The van der Waals surface area contributed by atoms with Gasteiger partial charge in [-0.3, -0.25) is 4.90 Å². The predicted molar refractivity (Wildman–Crippen MR) is 116 cm³/mol. The zero-order chi connectivity index (χ0) is 20.7. The molecule has 0 radical (unpaired) electrons. The molecule has 0 saturated heterocycles. The highest BCUT2D eigenvalue weighted by atomic mass is 16.5. The van der Waals surface area contributed by atoms with Crippen molar-refractivity contribution in [1.29, 1.82) is 0 Å². The minimum absolute atomic E-state index is 0.114. The van der Waals surface area contributed by atoms with E-state index >= 15 is 0 Å². The van der Waals surface area contributed by atoms with Gasteiger partial charge in [0.1, 0.15) is 11.5 Å². The van der Waals surface area contributed by atoms with Crippen molar-refractivity contribution in [2.45, 2.75) is 6.04 Å². The fraction of sp³-hybridized carbons (Fsp3) is 0.208. The molecule has 29 heavy (non-hydrogen) atoms. The molecule has 1 aliphatic carbocycles. The molecule has 0 amide bonds. The minimum Gasteiger partial charge on any atom is -0.478 e. The van der Waals surface area contributed by atoms with Crippen molar-refractivity contribution in [2.24, 2.45) is 0 Å². The van der Waals surface area contributed by atoms with Crippen LogP contribution in [0.25, 0.3) is 5.57 Å². The van der Waals surface area contributed by atoms with E-state index in [1.807, 2.05) is 69.5 Å². The van der Waals surface area contributed by atoms with Gasteiger partial charge >= 0.3 is 5.97 Å². The van der Waals surface area contributed by atoms with Gasteiger partial charge in [0.05, 0.1) is 5.56 Å². The van der Waals surface area contributed by atoms with Gasteiger partial charge in [-0.15, -0.1) is 0 Å². The lowest BCUT2D eigenvalue weighted by atomic mass is 9.85. The quantitative estimate of drug-likeness (QED) is 0.857. The molecule has 2 aliphatic rings. The summed E-state index contributed by atoms with van der Waals surface area (Å²) in [6.07, 6.45) is 6.21. The lowest BCUT2D eigenvalue weighted by Gasteiger charge is -2.31. The summed E-state index contributed by atoms with van der Waals surface area (Å²) in [6.45, 7) is 0. The van der Waals surface area contributed by atoms with Gasteiger partial charge in [-0.2, -0.15) is 0 Å². The number of allylic oxidation sites excluding steroid dienone is 1. The Balaban J connectivity index is 1.99. The number of benzene rings is 2. The Bertz CT molecular complexity index is 1080. The molecule has 1 atom stereocenters. The maximum absolute atomic E-state index is 11.9. The van der Waals surface area contributed by atoms with Crippen LogP contribution in [0.3, 0.4) is 0 Å². The monoisotopic (exact) mass is 388 g/mol. The van der Waals surface area contributed by atoms with Crippen molar-refractivity contribution in [3.8, 4) is 5.75 Å². The average Bonchev–Trinajstić information content (AvgIpc) is 2.70. The third-order valence-electron chi connectivity index (χ3n) is 5.31. The van der Waals surface area contributed by atoms with Crippen LogP contribution in [0.4, 0.5) is 5.69 Å². The molecule has 4 rings (SSSR count). The summed E-state index contributed by atoms with van der Waals surface area (Å²) in [5, 5.41) is 9.77. The zero-order valence-corrected chi connectivity index (χ0v) is 17.0. The highest BCUT2D eigenvalue weighted by Crippen LogP contribution is 2.45. The van der Waals surface area contributed by atoms with E-state index in [-0.39, 0.29) is 11.6 Å². The second kappa shape index (κ2) is 7.26. The molecule has 2 aromatic carbocycles. The molecule has 5 heteroatoms. The van der Waals surface area contributed by atoms with Gasteiger partial charge < -0.3 is 14.7 Å². The van der Waals surface area contributed by atoms with Gasteiger partial charge in [0.25, 0.3) is 0 Å². The first-order chi connectivity index (χ1) is 13.9. The molecule has 1 N–H and O–H groups in total. The summed E-state index contributed by atoms with van der Waals surface area (Å²) in [4.78, 5) is 16.0. The minimum atomic E-state index is -0.942. The Kier molecular flexibility index (Phi) is 4.76. The van der Waals surface area contributed by atoms with Crippen LogP contribution in [0.5, 0.6) is 5.75 Å². The van der Waals surface area contributed by atoms with Gasteiger partial charge in [-0.1, -0.05) is 30.4 Å². The Labute approximate surface area is 170 Å². The standard InChI is InChI=1S/C24H24N2O3/c1-25(2)15-9-11-19-21(13-15)29-22-14-16(26(3)4)10-12-20(22)23(19)17-7-5-6-8-18(17)24(27)28/h5-15H,1-4H3,(H,27,28). The SMILES string of the molecule is CN(C)c1ccc2c(c1)OC1=CC(N(C)C)C=CC1=C2c1ccccc1C(=O)O. The normalized spacial score (nSPS) is 17.4. The summed E-state index contributed by atoms with van der Waals surface area (Å²) in [5.41, 5.74) is 4.67. The van der Waals surface area contributed by atoms with Crippen molar-refractivity contribution >= 4 is 17.2 Å². The van der Waals surface area contributed by atoms with E-state index < -0.39 is 5.97 Å². The largest absolute Gasteiger partial charge is 0.478 e. The van der Waals surface area contributed by atoms with E-state index in [2.05, 4.69) is 17.1 Å². The number of likely N-dealkylation sites (N-methyl/N-ethyl adjacent to an activating group) is 1. The van der Waals surface area contributed by atoms with E-state index in [4.69, 9.17) is 4.74 Å². The number of anilines is 1. The third kappa shape index (κ3) is 3.34. The summed E-state index contributed by atoms with van der Waals surface area (Å²) < 4.78 is 6.31. The van der Waals surface area contributed by atoms with Crippen LogP contribution in [-0.2, 0) is 0 Å². The number of carbonyl (C=O) groups is 1. The van der Waals surface area contributed by atoms with E-state index in [1.165, 1.54) is 0 Å². The van der Waals surface area contributed by atoms with Crippen molar-refractivity contribution in [3.63, 3.8) is 0 Å². The number of nitrogens with zero attached hydrogens (tertiary/aromatic N) is 2. The summed E-state index contributed by atoms with van der Waals surface area (Å²) in [6, 6.07) is 13.3. The number of rotatable bonds is 4. The average molecular weight is 388 g/mol. The van der Waals surface area contributed by atoms with Crippen LogP contribution in [0.1, 0.15) is 21.5 Å². The first-order valence-corrected chi connectivity index (χ1v) is 9.50. The van der Waals surface area contributed by atoms with Crippen LogP contribution in [0, 0.1) is 0 Å². The number of ether oxygens (including phenoxy) is 1. The van der Waals surface area contributed by atoms with Crippen molar-refractivity contribution in [1.82, 2.24) is 4.90 Å². The Morgan fingerprint density at radius 2 is 1.79 bits per heavy atom.